The molecule has 0 fully saturated rings. The van der Waals surface area contributed by atoms with Crippen LogP contribution in [0.15, 0.2) is 18.2 Å². The third-order valence-corrected chi connectivity index (χ3v) is 3.74. The van der Waals surface area contributed by atoms with Crippen molar-refractivity contribution in [2.45, 2.75) is 18.6 Å². The quantitative estimate of drug-likeness (QED) is 0.591. The molecule has 0 atom stereocenters. The van der Waals surface area contributed by atoms with Crippen LogP contribution in [-0.2, 0) is 10.5 Å². The Kier molecular flexibility index (Phi) is 8.97. The third-order valence-electron chi connectivity index (χ3n) is 2.64. The smallest absolute Gasteiger partial charge is 0.122 e. The molecule has 0 aromatic heterocycles. The molecular weight excluding hydrogens is 272 g/mol. The Morgan fingerprint density at radius 2 is 2.15 bits per heavy atom. The second kappa shape index (κ2) is 10.6. The third kappa shape index (κ3) is 6.33. The van der Waals surface area contributed by atoms with Crippen molar-refractivity contribution < 1.29 is 14.6 Å². The van der Waals surface area contributed by atoms with E-state index in [4.69, 9.17) is 14.6 Å². The van der Waals surface area contributed by atoms with Gasteiger partial charge in [-0.25, -0.2) is 0 Å². The Morgan fingerprint density at radius 1 is 1.30 bits per heavy atom. The summed E-state index contributed by atoms with van der Waals surface area (Å²) in [5.41, 5.74) is 2.12. The van der Waals surface area contributed by atoms with Crippen molar-refractivity contribution in [3.05, 3.63) is 29.3 Å². The van der Waals surface area contributed by atoms with Crippen LogP contribution < -0.4 is 4.74 Å². The van der Waals surface area contributed by atoms with E-state index in [-0.39, 0.29) is 6.61 Å². The minimum atomic E-state index is 0.103. The second-order valence-electron chi connectivity index (χ2n) is 4.20. The highest BCUT2D eigenvalue weighted by atomic mass is 32.2. The van der Waals surface area contributed by atoms with E-state index in [0.29, 0.717) is 6.42 Å². The fourth-order valence-electron chi connectivity index (χ4n) is 1.68. The summed E-state index contributed by atoms with van der Waals surface area (Å²) in [7, 11) is 3.41. The van der Waals surface area contributed by atoms with Gasteiger partial charge in [-0.05, 0) is 30.4 Å². The van der Waals surface area contributed by atoms with E-state index in [1.165, 1.54) is 0 Å². The first kappa shape index (κ1) is 16.9. The van der Waals surface area contributed by atoms with Crippen molar-refractivity contribution >= 4 is 11.8 Å². The Morgan fingerprint density at radius 3 is 2.85 bits per heavy atom. The number of aliphatic hydroxyl groups is 1. The molecule has 1 N–H and O–H groups in total. The SMILES string of the molecule is COCCCSCc1cc(C#CCCO)ccc1OC. The number of benzene rings is 1. The Labute approximate surface area is 125 Å². The normalized spacial score (nSPS) is 9.95. The van der Waals surface area contributed by atoms with Crippen molar-refractivity contribution in [3.8, 4) is 17.6 Å². The zero-order valence-corrected chi connectivity index (χ0v) is 13.0. The highest BCUT2D eigenvalue weighted by Gasteiger charge is 2.04. The van der Waals surface area contributed by atoms with Crippen molar-refractivity contribution in [3.63, 3.8) is 0 Å². The highest BCUT2D eigenvalue weighted by molar-refractivity contribution is 7.98. The predicted molar refractivity (Wildman–Crippen MR) is 84.2 cm³/mol. The molecular formula is C16H22O3S. The van der Waals surface area contributed by atoms with Gasteiger partial charge in [-0.1, -0.05) is 11.8 Å². The molecule has 0 unspecified atom stereocenters. The maximum Gasteiger partial charge on any atom is 0.122 e. The van der Waals surface area contributed by atoms with Crippen LogP contribution in [0.2, 0.25) is 0 Å². The number of aliphatic hydroxyl groups excluding tert-OH is 1. The molecule has 20 heavy (non-hydrogen) atoms. The molecule has 0 aliphatic carbocycles. The van der Waals surface area contributed by atoms with Gasteiger partial charge in [-0.3, -0.25) is 0 Å². The molecule has 0 heterocycles. The van der Waals surface area contributed by atoms with Gasteiger partial charge in [0.05, 0.1) is 13.7 Å². The highest BCUT2D eigenvalue weighted by Crippen LogP contribution is 2.24. The topological polar surface area (TPSA) is 38.7 Å². The molecule has 3 nitrogen and oxygen atoms in total. The van der Waals surface area contributed by atoms with Crippen LogP contribution in [-0.4, -0.2) is 38.3 Å². The fourth-order valence-corrected chi connectivity index (χ4v) is 2.59. The minimum absolute atomic E-state index is 0.103. The van der Waals surface area contributed by atoms with Crippen LogP contribution in [0.5, 0.6) is 5.75 Å². The summed E-state index contributed by atoms with van der Waals surface area (Å²) in [6.45, 7) is 0.905. The molecule has 0 aliphatic rings. The van der Waals surface area contributed by atoms with Crippen molar-refractivity contribution in [1.82, 2.24) is 0 Å². The van der Waals surface area contributed by atoms with Crippen LogP contribution >= 0.6 is 11.8 Å². The van der Waals surface area contributed by atoms with Crippen LogP contribution in [0.3, 0.4) is 0 Å². The van der Waals surface area contributed by atoms with Crippen molar-refractivity contribution in [2.24, 2.45) is 0 Å². The number of hydrogen-bond acceptors (Lipinski definition) is 4. The van der Waals surface area contributed by atoms with E-state index in [1.807, 2.05) is 23.9 Å². The zero-order chi connectivity index (χ0) is 14.6. The molecule has 0 saturated heterocycles. The lowest BCUT2D eigenvalue weighted by Crippen LogP contribution is -1.94. The van der Waals surface area contributed by atoms with Gasteiger partial charge in [0, 0.05) is 37.0 Å². The molecule has 110 valence electrons. The van der Waals surface area contributed by atoms with Crippen molar-refractivity contribution in [2.75, 3.05) is 33.2 Å². The van der Waals surface area contributed by atoms with Gasteiger partial charge < -0.3 is 14.6 Å². The molecule has 0 saturated carbocycles. The van der Waals surface area contributed by atoms with Crippen LogP contribution in [0.25, 0.3) is 0 Å². The number of thioether (sulfide) groups is 1. The van der Waals surface area contributed by atoms with Crippen molar-refractivity contribution in [1.29, 1.82) is 0 Å². The average Bonchev–Trinajstić information content (AvgIpc) is 2.47. The first-order valence-electron chi connectivity index (χ1n) is 6.65. The lowest BCUT2D eigenvalue weighted by molar-refractivity contribution is 0.200. The van der Waals surface area contributed by atoms with E-state index in [9.17, 15) is 0 Å². The van der Waals surface area contributed by atoms with Gasteiger partial charge in [-0.15, -0.1) is 0 Å². The number of methoxy groups -OCH3 is 2. The average molecular weight is 294 g/mol. The van der Waals surface area contributed by atoms with Gasteiger partial charge in [0.1, 0.15) is 5.75 Å². The van der Waals surface area contributed by atoms with E-state index in [0.717, 1.165) is 41.4 Å². The first-order valence-corrected chi connectivity index (χ1v) is 7.80. The number of rotatable bonds is 8. The van der Waals surface area contributed by atoms with Crippen LogP contribution in [0.1, 0.15) is 24.0 Å². The molecule has 1 aromatic carbocycles. The summed E-state index contributed by atoms with van der Waals surface area (Å²) in [6, 6.07) is 5.96. The summed E-state index contributed by atoms with van der Waals surface area (Å²) in [4.78, 5) is 0. The number of hydrogen-bond donors (Lipinski definition) is 1. The fraction of sp³-hybridized carbons (Fsp3) is 0.500. The Bertz CT molecular complexity index is 449. The minimum Gasteiger partial charge on any atom is -0.496 e. The molecule has 4 heteroatoms. The first-order chi connectivity index (χ1) is 9.81. The van der Waals surface area contributed by atoms with Crippen LogP contribution in [0.4, 0.5) is 0 Å². The molecule has 0 amide bonds. The van der Waals surface area contributed by atoms with E-state index in [2.05, 4.69) is 17.9 Å². The van der Waals surface area contributed by atoms with E-state index < -0.39 is 0 Å². The summed E-state index contributed by atoms with van der Waals surface area (Å²) >= 11 is 1.86. The second-order valence-corrected chi connectivity index (χ2v) is 5.31. The Balaban J connectivity index is 2.62. The predicted octanol–water partition coefficient (Wildman–Crippen LogP) is 2.70. The van der Waals surface area contributed by atoms with Gasteiger partial charge in [0.15, 0.2) is 0 Å². The van der Waals surface area contributed by atoms with Gasteiger partial charge in [0.25, 0.3) is 0 Å². The summed E-state index contributed by atoms with van der Waals surface area (Å²) in [6.07, 6.45) is 1.56. The largest absolute Gasteiger partial charge is 0.496 e. The standard InChI is InChI=1S/C16H22O3S/c1-18-10-5-11-20-13-15-12-14(6-3-4-9-17)7-8-16(15)19-2/h7-8,12,17H,4-5,9-11,13H2,1-2H3. The summed E-state index contributed by atoms with van der Waals surface area (Å²) in [5.74, 6) is 8.86. The van der Waals surface area contributed by atoms with E-state index >= 15 is 0 Å². The molecule has 0 radical (unpaired) electrons. The molecule has 1 rings (SSSR count). The van der Waals surface area contributed by atoms with Gasteiger partial charge in [0.2, 0.25) is 0 Å². The zero-order valence-electron chi connectivity index (χ0n) is 12.1. The molecule has 0 spiro atoms. The van der Waals surface area contributed by atoms with E-state index in [1.54, 1.807) is 14.2 Å². The Hall–Kier alpha value is -1.15. The lowest BCUT2D eigenvalue weighted by atomic mass is 10.1. The summed E-state index contributed by atoms with van der Waals surface area (Å²) < 4.78 is 10.4. The molecule has 1 aromatic rings. The maximum atomic E-state index is 8.73. The molecule has 0 aliphatic heterocycles. The number of ether oxygens (including phenoxy) is 2. The monoisotopic (exact) mass is 294 g/mol. The summed E-state index contributed by atoms with van der Waals surface area (Å²) in [5, 5.41) is 8.73. The molecule has 0 bridgehead atoms. The van der Waals surface area contributed by atoms with Gasteiger partial charge >= 0.3 is 0 Å². The maximum absolute atomic E-state index is 8.73. The lowest BCUT2D eigenvalue weighted by Gasteiger charge is -2.09. The van der Waals surface area contributed by atoms with Crippen LogP contribution in [0, 0.1) is 11.8 Å². The van der Waals surface area contributed by atoms with Gasteiger partial charge in [-0.2, -0.15) is 11.8 Å².